The fraction of sp³-hybridized carbons (Fsp3) is 0.765. The van der Waals surface area contributed by atoms with Gasteiger partial charge in [-0.05, 0) is 68.4 Å². The molecular formula is C34H54F2N4O2. The summed E-state index contributed by atoms with van der Waals surface area (Å²) < 4.78 is 30.2. The molecule has 0 aromatic heterocycles. The molecule has 236 valence electrons. The maximum Gasteiger partial charge on any atom is 0.228 e. The van der Waals surface area contributed by atoms with Crippen molar-refractivity contribution < 1.29 is 18.4 Å². The number of hydrogen-bond acceptors (Lipinski definition) is 4. The van der Waals surface area contributed by atoms with Crippen LogP contribution in [-0.2, 0) is 15.0 Å². The van der Waals surface area contributed by atoms with Crippen LogP contribution < -0.4 is 10.6 Å². The first-order chi connectivity index (χ1) is 19.3. The van der Waals surface area contributed by atoms with Gasteiger partial charge < -0.3 is 20.4 Å². The molecule has 1 saturated carbocycles. The van der Waals surface area contributed by atoms with Gasteiger partial charge in [0.2, 0.25) is 11.8 Å². The van der Waals surface area contributed by atoms with Crippen LogP contribution in [0.4, 0.5) is 14.5 Å². The van der Waals surface area contributed by atoms with Crippen molar-refractivity contribution in [1.82, 2.24) is 9.80 Å². The molecular weight excluding hydrogens is 534 g/mol. The number of carbonyl (C=O) groups excluding carboxylic acids is 2. The standard InChI is InChI=1S/C34H54F2N4O2/c1-21(37)27-18-24(40(31(42)33(5,6)7)23-12-15-34(8,9)16-13-23)20-39(27)30(41)22-14-17-38(19-22)26-11-10-25(35)28(29(26)36)32(2,3)4/h10-11,21-24,27H,12-20,37H2,1-9H3. The van der Waals surface area contributed by atoms with Crippen molar-refractivity contribution in [3.05, 3.63) is 29.3 Å². The molecule has 3 aliphatic rings. The number of rotatable bonds is 5. The number of carbonyl (C=O) groups is 2. The lowest BCUT2D eigenvalue weighted by atomic mass is 9.74. The summed E-state index contributed by atoms with van der Waals surface area (Å²) in [5.41, 5.74) is 5.98. The van der Waals surface area contributed by atoms with E-state index in [1.54, 1.807) is 20.8 Å². The first-order valence-corrected chi connectivity index (χ1v) is 15.9. The number of hydrogen-bond donors (Lipinski definition) is 1. The molecule has 42 heavy (non-hydrogen) atoms. The molecule has 8 heteroatoms. The van der Waals surface area contributed by atoms with Crippen LogP contribution in [0.3, 0.4) is 0 Å². The molecule has 2 saturated heterocycles. The van der Waals surface area contributed by atoms with Gasteiger partial charge in [0.15, 0.2) is 5.82 Å². The van der Waals surface area contributed by atoms with Crippen LogP contribution in [0.15, 0.2) is 12.1 Å². The van der Waals surface area contributed by atoms with Gasteiger partial charge in [0, 0.05) is 48.7 Å². The summed E-state index contributed by atoms with van der Waals surface area (Å²) in [6.45, 7) is 19.2. The number of amides is 2. The quantitative estimate of drug-likeness (QED) is 0.442. The third kappa shape index (κ3) is 6.63. The zero-order chi connectivity index (χ0) is 31.4. The van der Waals surface area contributed by atoms with Crippen molar-refractivity contribution in [2.24, 2.45) is 22.5 Å². The van der Waals surface area contributed by atoms with Crippen LogP contribution >= 0.6 is 0 Å². The second kappa shape index (κ2) is 11.7. The van der Waals surface area contributed by atoms with Gasteiger partial charge in [0.1, 0.15) is 5.82 Å². The van der Waals surface area contributed by atoms with E-state index >= 15 is 4.39 Å². The lowest BCUT2D eigenvalue weighted by molar-refractivity contribution is -0.146. The molecule has 4 unspecified atom stereocenters. The Morgan fingerprint density at radius 2 is 1.62 bits per heavy atom. The van der Waals surface area contributed by atoms with Gasteiger partial charge in [-0.1, -0.05) is 55.4 Å². The van der Waals surface area contributed by atoms with E-state index in [1.165, 1.54) is 12.1 Å². The predicted octanol–water partition coefficient (Wildman–Crippen LogP) is 6.25. The molecule has 2 heterocycles. The first kappa shape index (κ1) is 32.7. The molecule has 1 aliphatic carbocycles. The van der Waals surface area contributed by atoms with Gasteiger partial charge in [-0.15, -0.1) is 0 Å². The van der Waals surface area contributed by atoms with E-state index in [2.05, 4.69) is 18.7 Å². The van der Waals surface area contributed by atoms with Gasteiger partial charge in [-0.25, -0.2) is 8.78 Å². The SMILES string of the molecule is CC(N)C1CC(N(C(=O)C(C)(C)C)C2CCC(C)(C)CC2)CN1C(=O)C1CCN(c2ccc(F)c(C(C)(C)C)c2F)C1. The molecule has 2 aliphatic heterocycles. The van der Waals surface area contributed by atoms with Crippen LogP contribution in [0.1, 0.15) is 106 Å². The Morgan fingerprint density at radius 1 is 1.00 bits per heavy atom. The number of halogens is 2. The Labute approximate surface area is 252 Å². The lowest BCUT2D eigenvalue weighted by Gasteiger charge is -2.45. The number of anilines is 1. The summed E-state index contributed by atoms with van der Waals surface area (Å²) in [5.74, 6) is -1.24. The minimum absolute atomic E-state index is 0.0220. The summed E-state index contributed by atoms with van der Waals surface area (Å²) in [7, 11) is 0. The highest BCUT2D eigenvalue weighted by Crippen LogP contribution is 2.41. The highest BCUT2D eigenvalue weighted by molar-refractivity contribution is 5.83. The van der Waals surface area contributed by atoms with E-state index in [-0.39, 0.29) is 52.9 Å². The molecule has 1 aromatic rings. The van der Waals surface area contributed by atoms with Crippen LogP contribution in [0.5, 0.6) is 0 Å². The van der Waals surface area contributed by atoms with Crippen molar-refractivity contribution in [2.45, 2.75) is 130 Å². The van der Waals surface area contributed by atoms with Gasteiger partial charge in [-0.2, -0.15) is 0 Å². The number of nitrogens with zero attached hydrogens (tertiary/aromatic N) is 3. The zero-order valence-electron chi connectivity index (χ0n) is 27.4. The third-order valence-electron chi connectivity index (χ3n) is 9.88. The molecule has 0 spiro atoms. The summed E-state index contributed by atoms with van der Waals surface area (Å²) in [5, 5.41) is 0. The Kier molecular flexibility index (Phi) is 9.11. The van der Waals surface area contributed by atoms with Gasteiger partial charge >= 0.3 is 0 Å². The van der Waals surface area contributed by atoms with Crippen LogP contribution in [-0.4, -0.2) is 65.4 Å². The lowest BCUT2D eigenvalue weighted by Crippen LogP contribution is -2.54. The molecule has 4 rings (SSSR count). The molecule has 3 fully saturated rings. The van der Waals surface area contributed by atoms with E-state index in [0.29, 0.717) is 38.2 Å². The van der Waals surface area contributed by atoms with Gasteiger partial charge in [-0.3, -0.25) is 9.59 Å². The molecule has 0 radical (unpaired) electrons. The van der Waals surface area contributed by atoms with Crippen molar-refractivity contribution >= 4 is 17.5 Å². The normalized spacial score (nSPS) is 26.0. The van der Waals surface area contributed by atoms with Crippen molar-refractivity contribution in [1.29, 1.82) is 0 Å². The van der Waals surface area contributed by atoms with Crippen molar-refractivity contribution in [3.63, 3.8) is 0 Å². The van der Waals surface area contributed by atoms with Crippen LogP contribution in [0, 0.1) is 28.4 Å². The van der Waals surface area contributed by atoms with Gasteiger partial charge in [0.05, 0.1) is 17.6 Å². The fourth-order valence-corrected chi connectivity index (χ4v) is 7.36. The van der Waals surface area contributed by atoms with Crippen molar-refractivity contribution in [3.8, 4) is 0 Å². The summed E-state index contributed by atoms with van der Waals surface area (Å²) in [4.78, 5) is 33.9. The Morgan fingerprint density at radius 3 is 2.17 bits per heavy atom. The van der Waals surface area contributed by atoms with Gasteiger partial charge in [0.25, 0.3) is 0 Å². The Balaban J connectivity index is 1.55. The molecule has 6 nitrogen and oxygen atoms in total. The van der Waals surface area contributed by atoms with Crippen LogP contribution in [0.25, 0.3) is 0 Å². The van der Waals surface area contributed by atoms with E-state index in [0.717, 1.165) is 25.7 Å². The van der Waals surface area contributed by atoms with E-state index in [4.69, 9.17) is 5.73 Å². The predicted molar refractivity (Wildman–Crippen MR) is 165 cm³/mol. The van der Waals surface area contributed by atoms with E-state index in [1.807, 2.05) is 37.5 Å². The first-order valence-electron chi connectivity index (χ1n) is 15.9. The van der Waals surface area contributed by atoms with E-state index in [9.17, 15) is 14.0 Å². The van der Waals surface area contributed by atoms with E-state index < -0.39 is 22.5 Å². The highest BCUT2D eigenvalue weighted by atomic mass is 19.1. The average molecular weight is 589 g/mol. The number of nitrogens with two attached hydrogens (primary N) is 1. The topological polar surface area (TPSA) is 69.9 Å². The van der Waals surface area contributed by atoms with Crippen LogP contribution in [0.2, 0.25) is 0 Å². The molecule has 2 N–H and O–H groups in total. The smallest absolute Gasteiger partial charge is 0.228 e. The summed E-state index contributed by atoms with van der Waals surface area (Å²) in [6.07, 6.45) is 5.36. The minimum Gasteiger partial charge on any atom is -0.368 e. The fourth-order valence-electron chi connectivity index (χ4n) is 7.36. The largest absolute Gasteiger partial charge is 0.368 e. The average Bonchev–Trinajstić information content (AvgIpc) is 3.52. The number of benzene rings is 1. The second-order valence-electron chi connectivity index (χ2n) is 16.1. The molecule has 0 bridgehead atoms. The second-order valence-corrected chi connectivity index (χ2v) is 16.1. The third-order valence-corrected chi connectivity index (χ3v) is 9.88. The summed E-state index contributed by atoms with van der Waals surface area (Å²) >= 11 is 0. The van der Waals surface area contributed by atoms with Crippen molar-refractivity contribution in [2.75, 3.05) is 24.5 Å². The maximum atomic E-state index is 15.6. The minimum atomic E-state index is -0.682. The molecule has 4 atom stereocenters. The maximum absolute atomic E-state index is 15.6. The monoisotopic (exact) mass is 588 g/mol. The molecule has 1 aromatic carbocycles. The zero-order valence-corrected chi connectivity index (χ0v) is 27.4. The highest BCUT2D eigenvalue weighted by Gasteiger charge is 2.47. The Bertz CT molecular complexity index is 1160. The Hall–Kier alpha value is -2.22. The summed E-state index contributed by atoms with van der Waals surface area (Å²) in [6, 6.07) is 2.51. The number of likely N-dealkylation sites (tertiary alicyclic amines) is 1. The molecule has 2 amide bonds.